The smallest absolute Gasteiger partial charge is 0.354 e. The average Bonchev–Trinajstić information content (AvgIpc) is 2.39. The van der Waals surface area contributed by atoms with Crippen LogP contribution in [0, 0.1) is 5.92 Å². The van der Waals surface area contributed by atoms with Crippen LogP contribution >= 0.6 is 0 Å². The predicted molar refractivity (Wildman–Crippen MR) is 74.8 cm³/mol. The molecular formula is C14H19N3O3. The lowest BCUT2D eigenvalue weighted by Gasteiger charge is -2.27. The van der Waals surface area contributed by atoms with Crippen molar-refractivity contribution in [3.8, 4) is 0 Å². The number of pyridine rings is 1. The Morgan fingerprint density at radius 1 is 1.35 bits per heavy atom. The van der Waals surface area contributed by atoms with Crippen molar-refractivity contribution < 1.29 is 14.7 Å². The summed E-state index contributed by atoms with van der Waals surface area (Å²) in [5.74, 6) is -0.442. The molecule has 6 heteroatoms. The summed E-state index contributed by atoms with van der Waals surface area (Å²) >= 11 is 0. The molecule has 0 aromatic carbocycles. The highest BCUT2D eigenvalue weighted by Crippen LogP contribution is 2.23. The zero-order chi connectivity index (χ0) is 14.5. The molecule has 1 heterocycles. The van der Waals surface area contributed by atoms with Crippen LogP contribution in [0.15, 0.2) is 18.3 Å². The molecule has 3 N–H and O–H groups in total. The van der Waals surface area contributed by atoms with Crippen LogP contribution in [-0.4, -0.2) is 28.1 Å². The molecule has 0 spiro atoms. The van der Waals surface area contributed by atoms with Gasteiger partial charge in [0.15, 0.2) is 0 Å². The molecule has 0 radical (unpaired) electrons. The fraction of sp³-hybridized carbons (Fsp3) is 0.500. The van der Waals surface area contributed by atoms with Crippen LogP contribution < -0.4 is 10.6 Å². The first kappa shape index (κ1) is 14.3. The summed E-state index contributed by atoms with van der Waals surface area (Å²) in [6.07, 6.45) is 5.71. The highest BCUT2D eigenvalue weighted by Gasteiger charge is 2.20. The van der Waals surface area contributed by atoms with Gasteiger partial charge in [0.05, 0.1) is 11.9 Å². The third-order valence-electron chi connectivity index (χ3n) is 3.51. The molecule has 1 aromatic rings. The number of aromatic carboxylic acids is 1. The number of aromatic nitrogens is 1. The summed E-state index contributed by atoms with van der Waals surface area (Å²) in [5.41, 5.74) is 0.438. The highest BCUT2D eigenvalue weighted by molar-refractivity contribution is 5.90. The predicted octanol–water partition coefficient (Wildman–Crippen LogP) is 2.48. The van der Waals surface area contributed by atoms with Crippen molar-refractivity contribution in [2.24, 2.45) is 5.92 Å². The molecule has 2 unspecified atom stereocenters. The van der Waals surface area contributed by atoms with E-state index in [0.717, 1.165) is 19.3 Å². The molecule has 1 fully saturated rings. The molecule has 1 aromatic heterocycles. The van der Waals surface area contributed by atoms with E-state index < -0.39 is 5.97 Å². The molecule has 1 aliphatic carbocycles. The van der Waals surface area contributed by atoms with E-state index in [1.54, 1.807) is 0 Å². The van der Waals surface area contributed by atoms with Crippen molar-refractivity contribution in [1.29, 1.82) is 0 Å². The maximum atomic E-state index is 11.8. The summed E-state index contributed by atoms with van der Waals surface area (Å²) in [5, 5.41) is 14.3. The molecule has 2 atom stereocenters. The number of urea groups is 1. The van der Waals surface area contributed by atoms with E-state index in [0.29, 0.717) is 11.6 Å². The fourth-order valence-electron chi connectivity index (χ4n) is 2.51. The maximum Gasteiger partial charge on any atom is 0.354 e. The Labute approximate surface area is 117 Å². The highest BCUT2D eigenvalue weighted by atomic mass is 16.4. The van der Waals surface area contributed by atoms with Gasteiger partial charge in [0.25, 0.3) is 0 Å². The van der Waals surface area contributed by atoms with Gasteiger partial charge in [-0.1, -0.05) is 19.8 Å². The Hall–Kier alpha value is -2.11. The maximum absolute atomic E-state index is 11.8. The summed E-state index contributed by atoms with van der Waals surface area (Å²) in [4.78, 5) is 26.3. The minimum absolute atomic E-state index is 0.0444. The van der Waals surface area contributed by atoms with E-state index in [1.165, 1.54) is 24.8 Å². The van der Waals surface area contributed by atoms with Gasteiger partial charge in [0.2, 0.25) is 0 Å². The number of hydrogen-bond donors (Lipinski definition) is 3. The first-order valence-corrected chi connectivity index (χ1v) is 6.81. The second-order valence-electron chi connectivity index (χ2n) is 5.30. The van der Waals surface area contributed by atoms with Gasteiger partial charge in [-0.3, -0.25) is 0 Å². The molecule has 20 heavy (non-hydrogen) atoms. The zero-order valence-corrected chi connectivity index (χ0v) is 11.4. The number of hydrogen-bond acceptors (Lipinski definition) is 3. The van der Waals surface area contributed by atoms with Gasteiger partial charge >= 0.3 is 12.0 Å². The summed E-state index contributed by atoms with van der Waals surface area (Å²) in [6, 6.07) is 2.83. The van der Waals surface area contributed by atoms with Crippen molar-refractivity contribution in [3.63, 3.8) is 0 Å². The second-order valence-corrected chi connectivity index (χ2v) is 5.30. The van der Waals surface area contributed by atoms with Crippen LogP contribution in [0.4, 0.5) is 10.5 Å². The molecule has 2 amide bonds. The summed E-state index contributed by atoms with van der Waals surface area (Å²) in [7, 11) is 0. The Bertz CT molecular complexity index is 487. The molecule has 108 valence electrons. The molecule has 0 bridgehead atoms. The lowest BCUT2D eigenvalue weighted by Crippen LogP contribution is -2.40. The summed E-state index contributed by atoms with van der Waals surface area (Å²) < 4.78 is 0. The number of rotatable bonds is 3. The largest absolute Gasteiger partial charge is 0.477 e. The number of carboxylic acids is 1. The van der Waals surface area contributed by atoms with Crippen LogP contribution in [0.3, 0.4) is 0 Å². The number of amides is 2. The number of carbonyl (C=O) groups excluding carboxylic acids is 1. The number of anilines is 1. The molecule has 6 nitrogen and oxygen atoms in total. The van der Waals surface area contributed by atoms with Gasteiger partial charge < -0.3 is 15.7 Å². The Kier molecular flexibility index (Phi) is 4.55. The first-order chi connectivity index (χ1) is 9.54. The van der Waals surface area contributed by atoms with Gasteiger partial charge in [-0.15, -0.1) is 0 Å². The Morgan fingerprint density at radius 2 is 2.15 bits per heavy atom. The normalized spacial score (nSPS) is 22.1. The van der Waals surface area contributed by atoms with Crippen molar-refractivity contribution in [2.45, 2.75) is 38.6 Å². The third kappa shape index (κ3) is 3.94. The van der Waals surface area contributed by atoms with E-state index in [1.807, 2.05) is 0 Å². The molecular weight excluding hydrogens is 258 g/mol. The molecule has 0 saturated heterocycles. The van der Waals surface area contributed by atoms with Crippen LogP contribution in [0.5, 0.6) is 0 Å². The van der Waals surface area contributed by atoms with E-state index in [4.69, 9.17) is 5.11 Å². The zero-order valence-electron chi connectivity index (χ0n) is 11.4. The van der Waals surface area contributed by atoms with Crippen molar-refractivity contribution in [1.82, 2.24) is 10.3 Å². The number of nitrogens with one attached hydrogen (secondary N) is 2. The fourth-order valence-corrected chi connectivity index (χ4v) is 2.51. The third-order valence-corrected chi connectivity index (χ3v) is 3.51. The topological polar surface area (TPSA) is 91.3 Å². The van der Waals surface area contributed by atoms with Crippen LogP contribution in [0.25, 0.3) is 0 Å². The lowest BCUT2D eigenvalue weighted by atomic mass is 9.87. The molecule has 1 saturated carbocycles. The van der Waals surface area contributed by atoms with E-state index in [9.17, 15) is 9.59 Å². The molecule has 0 aliphatic heterocycles. The number of carbonyl (C=O) groups is 2. The Morgan fingerprint density at radius 3 is 2.75 bits per heavy atom. The second kappa shape index (κ2) is 6.36. The molecule has 1 aliphatic rings. The minimum atomic E-state index is -1.09. The van der Waals surface area contributed by atoms with Crippen molar-refractivity contribution in [2.75, 3.05) is 5.32 Å². The quantitative estimate of drug-likeness (QED) is 0.791. The monoisotopic (exact) mass is 277 g/mol. The van der Waals surface area contributed by atoms with Gasteiger partial charge in [-0.05, 0) is 30.9 Å². The van der Waals surface area contributed by atoms with Gasteiger partial charge in [0, 0.05) is 6.04 Å². The van der Waals surface area contributed by atoms with E-state index in [-0.39, 0.29) is 17.8 Å². The Balaban J connectivity index is 1.86. The van der Waals surface area contributed by atoms with Crippen LogP contribution in [0.2, 0.25) is 0 Å². The minimum Gasteiger partial charge on any atom is -0.477 e. The van der Waals surface area contributed by atoms with Gasteiger partial charge in [-0.25, -0.2) is 14.6 Å². The summed E-state index contributed by atoms with van der Waals surface area (Å²) in [6.45, 7) is 2.19. The molecule has 2 rings (SSSR count). The standard InChI is InChI=1S/C14H19N3O3/c1-9-3-2-4-10(7-9)16-14(20)17-11-5-6-12(13(18)19)15-8-11/h5-6,8-10H,2-4,7H2,1H3,(H,18,19)(H2,16,17,20). The first-order valence-electron chi connectivity index (χ1n) is 6.81. The SMILES string of the molecule is CC1CCCC(NC(=O)Nc2ccc(C(=O)O)nc2)C1. The van der Waals surface area contributed by atoms with Crippen LogP contribution in [-0.2, 0) is 0 Å². The lowest BCUT2D eigenvalue weighted by molar-refractivity contribution is 0.0690. The average molecular weight is 277 g/mol. The van der Waals surface area contributed by atoms with E-state index in [2.05, 4.69) is 22.5 Å². The van der Waals surface area contributed by atoms with Gasteiger partial charge in [0.1, 0.15) is 5.69 Å². The number of carboxylic acid groups (broad SMARTS) is 1. The van der Waals surface area contributed by atoms with E-state index >= 15 is 0 Å². The number of nitrogens with zero attached hydrogens (tertiary/aromatic N) is 1. The van der Waals surface area contributed by atoms with Crippen LogP contribution in [0.1, 0.15) is 43.1 Å². The van der Waals surface area contributed by atoms with Crippen molar-refractivity contribution >= 4 is 17.7 Å². The van der Waals surface area contributed by atoms with Gasteiger partial charge in [-0.2, -0.15) is 0 Å². The van der Waals surface area contributed by atoms with Crippen molar-refractivity contribution in [3.05, 3.63) is 24.0 Å².